The minimum atomic E-state index is 0.501. The monoisotopic (exact) mass is 192 g/mol. The van der Waals surface area contributed by atoms with E-state index in [1.54, 1.807) is 0 Å². The van der Waals surface area contributed by atoms with Crippen molar-refractivity contribution in [3.8, 4) is 0 Å². The van der Waals surface area contributed by atoms with Gasteiger partial charge in [0.05, 0.1) is 0 Å². The van der Waals surface area contributed by atoms with Gasteiger partial charge in [-0.1, -0.05) is 36.8 Å². The van der Waals surface area contributed by atoms with Gasteiger partial charge in [-0.25, -0.2) is 0 Å². The molecule has 0 aromatic carbocycles. The topological polar surface area (TPSA) is 0 Å². The van der Waals surface area contributed by atoms with Crippen LogP contribution >= 0.6 is 23.2 Å². The van der Waals surface area contributed by atoms with Crippen LogP contribution in [0, 0.1) is 5.92 Å². The molecule has 0 spiro atoms. The minimum Gasteiger partial charge on any atom is -0.122 e. The molecule has 0 N–H and O–H groups in total. The molecular weight excluding hydrogens is 179 g/mol. The minimum absolute atomic E-state index is 0.501. The van der Waals surface area contributed by atoms with E-state index in [2.05, 4.69) is 13.0 Å². The first-order chi connectivity index (χ1) is 5.20. The summed E-state index contributed by atoms with van der Waals surface area (Å²) in [5.74, 6) is 1.01. The van der Waals surface area contributed by atoms with Crippen molar-refractivity contribution in [2.75, 3.05) is 5.88 Å². The van der Waals surface area contributed by atoms with Crippen molar-refractivity contribution in [2.24, 2.45) is 5.92 Å². The summed E-state index contributed by atoms with van der Waals surface area (Å²) in [6.45, 7) is 4.14. The molecule has 0 saturated carbocycles. The number of rotatable bonds is 4. The average Bonchev–Trinajstić information content (AvgIpc) is 1.87. The van der Waals surface area contributed by atoms with Crippen LogP contribution in [-0.2, 0) is 0 Å². The Morgan fingerprint density at radius 2 is 2.18 bits per heavy atom. The molecule has 11 heavy (non-hydrogen) atoms. The predicted molar refractivity (Wildman–Crippen MR) is 53.3 cm³/mol. The zero-order chi connectivity index (χ0) is 8.69. The number of allylic oxidation sites excluding steroid dienone is 4. The van der Waals surface area contributed by atoms with E-state index in [1.165, 1.54) is 0 Å². The highest BCUT2D eigenvalue weighted by Gasteiger charge is 1.98. The Labute approximate surface area is 78.9 Å². The molecule has 0 radical (unpaired) electrons. The zero-order valence-corrected chi connectivity index (χ0v) is 8.49. The van der Waals surface area contributed by atoms with Gasteiger partial charge in [0.2, 0.25) is 0 Å². The molecule has 0 heterocycles. The average molecular weight is 193 g/mol. The molecular formula is C9H14Cl2. The van der Waals surface area contributed by atoms with E-state index >= 15 is 0 Å². The zero-order valence-electron chi connectivity index (χ0n) is 6.98. The molecule has 0 aliphatic heterocycles. The second kappa shape index (κ2) is 6.75. The molecule has 64 valence electrons. The Morgan fingerprint density at radius 3 is 2.64 bits per heavy atom. The lowest BCUT2D eigenvalue weighted by Gasteiger charge is -2.03. The fourth-order valence-corrected chi connectivity index (χ4v) is 1.46. The summed E-state index contributed by atoms with van der Waals surface area (Å²) in [7, 11) is 0. The molecule has 0 aromatic rings. The van der Waals surface area contributed by atoms with Gasteiger partial charge in [0, 0.05) is 10.9 Å². The van der Waals surface area contributed by atoms with Gasteiger partial charge >= 0.3 is 0 Å². The Hall–Kier alpha value is 0.0600. The molecule has 1 atom stereocenters. The van der Waals surface area contributed by atoms with Crippen molar-refractivity contribution in [2.45, 2.75) is 20.3 Å². The lowest BCUT2D eigenvalue weighted by atomic mass is 10.1. The van der Waals surface area contributed by atoms with Crippen LogP contribution < -0.4 is 0 Å². The third-order valence-corrected chi connectivity index (χ3v) is 1.80. The van der Waals surface area contributed by atoms with E-state index in [0.717, 1.165) is 11.5 Å². The van der Waals surface area contributed by atoms with Gasteiger partial charge in [0.1, 0.15) is 0 Å². The molecule has 0 amide bonds. The fourth-order valence-electron chi connectivity index (χ4n) is 0.871. The normalized spacial score (nSPS) is 15.8. The predicted octanol–water partition coefficient (Wildman–Crippen LogP) is 3.95. The smallest absolute Gasteiger partial charge is 0.0418 e. The van der Waals surface area contributed by atoms with Crippen LogP contribution in [0.15, 0.2) is 23.3 Å². The summed E-state index contributed by atoms with van der Waals surface area (Å²) in [6.07, 6.45) is 6.89. The van der Waals surface area contributed by atoms with Crippen LogP contribution in [0.4, 0.5) is 0 Å². The summed E-state index contributed by atoms with van der Waals surface area (Å²) in [6, 6.07) is 0. The molecule has 0 saturated heterocycles. The van der Waals surface area contributed by atoms with E-state index in [-0.39, 0.29) is 0 Å². The van der Waals surface area contributed by atoms with Gasteiger partial charge in [-0.05, 0) is 19.3 Å². The highest BCUT2D eigenvalue weighted by atomic mass is 35.5. The van der Waals surface area contributed by atoms with Crippen LogP contribution in [-0.4, -0.2) is 5.88 Å². The Kier molecular flexibility index (Phi) is 6.79. The molecule has 0 rings (SSSR count). The van der Waals surface area contributed by atoms with Crippen molar-refractivity contribution in [3.05, 3.63) is 23.3 Å². The molecule has 0 fully saturated rings. The van der Waals surface area contributed by atoms with Crippen LogP contribution in [0.2, 0.25) is 0 Å². The Morgan fingerprint density at radius 1 is 1.55 bits per heavy atom. The number of halogens is 2. The first-order valence-electron chi connectivity index (χ1n) is 3.74. The van der Waals surface area contributed by atoms with Gasteiger partial charge in [-0.2, -0.15) is 0 Å². The maximum atomic E-state index is 5.85. The lowest BCUT2D eigenvalue weighted by molar-refractivity contribution is 0.734. The SMILES string of the molecule is C/C=C/C(C)C/C(Cl)=C/CCl. The maximum Gasteiger partial charge on any atom is 0.0418 e. The number of hydrogen-bond donors (Lipinski definition) is 0. The Bertz CT molecular complexity index is 148. The molecule has 2 heteroatoms. The summed E-state index contributed by atoms with van der Waals surface area (Å²) < 4.78 is 0. The van der Waals surface area contributed by atoms with E-state index in [9.17, 15) is 0 Å². The van der Waals surface area contributed by atoms with Crippen molar-refractivity contribution in [3.63, 3.8) is 0 Å². The lowest BCUT2D eigenvalue weighted by Crippen LogP contribution is -1.88. The molecule has 0 aromatic heterocycles. The molecule has 0 aliphatic rings. The van der Waals surface area contributed by atoms with Gasteiger partial charge in [-0.15, -0.1) is 11.6 Å². The van der Waals surface area contributed by atoms with Gasteiger partial charge in [0.25, 0.3) is 0 Å². The summed E-state index contributed by atoms with van der Waals surface area (Å²) in [5, 5.41) is 0.852. The van der Waals surface area contributed by atoms with E-state index in [1.807, 2.05) is 19.1 Å². The molecule has 0 bridgehead atoms. The van der Waals surface area contributed by atoms with Crippen molar-refractivity contribution < 1.29 is 0 Å². The van der Waals surface area contributed by atoms with Gasteiger partial charge < -0.3 is 0 Å². The van der Waals surface area contributed by atoms with Crippen LogP contribution in [0.3, 0.4) is 0 Å². The van der Waals surface area contributed by atoms with E-state index < -0.39 is 0 Å². The first kappa shape index (κ1) is 11.1. The summed E-state index contributed by atoms with van der Waals surface area (Å²) >= 11 is 11.3. The third-order valence-electron chi connectivity index (χ3n) is 1.34. The van der Waals surface area contributed by atoms with Crippen molar-refractivity contribution in [1.82, 2.24) is 0 Å². The third kappa shape index (κ3) is 6.46. The second-order valence-electron chi connectivity index (χ2n) is 2.51. The van der Waals surface area contributed by atoms with Crippen LogP contribution in [0.1, 0.15) is 20.3 Å². The summed E-state index contributed by atoms with van der Waals surface area (Å²) in [5.41, 5.74) is 0. The van der Waals surface area contributed by atoms with Gasteiger partial charge in [-0.3, -0.25) is 0 Å². The van der Waals surface area contributed by atoms with Crippen LogP contribution in [0.25, 0.3) is 0 Å². The Balaban J connectivity index is 3.74. The molecule has 0 nitrogen and oxygen atoms in total. The van der Waals surface area contributed by atoms with E-state index in [0.29, 0.717) is 11.8 Å². The standard InChI is InChI=1S/C9H14Cl2/c1-3-4-8(2)7-9(11)5-6-10/h3-5,8H,6-7H2,1-2H3/b4-3+,9-5-. The second-order valence-corrected chi connectivity index (χ2v) is 3.31. The van der Waals surface area contributed by atoms with Crippen LogP contribution in [0.5, 0.6) is 0 Å². The number of hydrogen-bond acceptors (Lipinski definition) is 0. The summed E-state index contributed by atoms with van der Waals surface area (Å²) in [4.78, 5) is 0. The largest absolute Gasteiger partial charge is 0.122 e. The van der Waals surface area contributed by atoms with Crippen molar-refractivity contribution >= 4 is 23.2 Å². The number of alkyl halides is 1. The molecule has 0 aliphatic carbocycles. The van der Waals surface area contributed by atoms with E-state index in [4.69, 9.17) is 23.2 Å². The molecule has 1 unspecified atom stereocenters. The quantitative estimate of drug-likeness (QED) is 0.468. The van der Waals surface area contributed by atoms with Gasteiger partial charge in [0.15, 0.2) is 0 Å². The first-order valence-corrected chi connectivity index (χ1v) is 4.65. The fraction of sp³-hybridized carbons (Fsp3) is 0.556. The maximum absolute atomic E-state index is 5.85. The highest BCUT2D eigenvalue weighted by Crippen LogP contribution is 2.15. The van der Waals surface area contributed by atoms with Crippen molar-refractivity contribution in [1.29, 1.82) is 0 Å². The highest BCUT2D eigenvalue weighted by molar-refractivity contribution is 6.30.